The Labute approximate surface area is 71.5 Å². The van der Waals surface area contributed by atoms with Gasteiger partial charge in [-0.05, 0) is 17.7 Å². The fourth-order valence-corrected chi connectivity index (χ4v) is 0.976. The molecule has 3 N–H and O–H groups in total. The van der Waals surface area contributed by atoms with Gasteiger partial charge in [0.25, 0.3) is 0 Å². The van der Waals surface area contributed by atoms with Crippen molar-refractivity contribution >= 4 is 12.6 Å². The second-order valence-electron chi connectivity index (χ2n) is 2.38. The summed E-state index contributed by atoms with van der Waals surface area (Å²) < 4.78 is 0. The van der Waals surface area contributed by atoms with Gasteiger partial charge in [-0.2, -0.15) is 0 Å². The molecule has 0 aromatic heterocycles. The SMILES string of the molecule is N[C@H](CO)c1ccc(S)cc1. The van der Waals surface area contributed by atoms with Crippen molar-refractivity contribution < 1.29 is 5.11 Å². The highest BCUT2D eigenvalue weighted by molar-refractivity contribution is 7.80. The van der Waals surface area contributed by atoms with Gasteiger partial charge in [0, 0.05) is 4.90 Å². The largest absolute Gasteiger partial charge is 0.394 e. The van der Waals surface area contributed by atoms with E-state index in [0.717, 1.165) is 10.5 Å². The van der Waals surface area contributed by atoms with Crippen molar-refractivity contribution in [2.75, 3.05) is 6.61 Å². The summed E-state index contributed by atoms with van der Waals surface area (Å²) in [5.41, 5.74) is 6.50. The van der Waals surface area contributed by atoms with Crippen molar-refractivity contribution in [1.29, 1.82) is 0 Å². The van der Waals surface area contributed by atoms with E-state index < -0.39 is 0 Å². The Morgan fingerprint density at radius 2 is 1.91 bits per heavy atom. The molecule has 11 heavy (non-hydrogen) atoms. The van der Waals surface area contributed by atoms with Gasteiger partial charge in [-0.3, -0.25) is 0 Å². The van der Waals surface area contributed by atoms with E-state index in [1.165, 1.54) is 0 Å². The van der Waals surface area contributed by atoms with Crippen LogP contribution in [0.2, 0.25) is 0 Å². The summed E-state index contributed by atoms with van der Waals surface area (Å²) in [6.45, 7) is -0.0219. The lowest BCUT2D eigenvalue weighted by Gasteiger charge is -2.07. The maximum Gasteiger partial charge on any atom is 0.0624 e. The number of aliphatic hydroxyl groups is 1. The quantitative estimate of drug-likeness (QED) is 0.578. The highest BCUT2D eigenvalue weighted by Gasteiger charge is 2.01. The lowest BCUT2D eigenvalue weighted by molar-refractivity contribution is 0.268. The molecule has 60 valence electrons. The first-order chi connectivity index (χ1) is 5.24. The van der Waals surface area contributed by atoms with Crippen LogP contribution in [-0.2, 0) is 0 Å². The number of nitrogens with two attached hydrogens (primary N) is 1. The van der Waals surface area contributed by atoms with E-state index >= 15 is 0 Å². The molecule has 0 aliphatic rings. The van der Waals surface area contributed by atoms with E-state index in [-0.39, 0.29) is 12.6 Å². The second-order valence-corrected chi connectivity index (χ2v) is 2.90. The van der Waals surface area contributed by atoms with Crippen LogP contribution in [-0.4, -0.2) is 11.7 Å². The topological polar surface area (TPSA) is 46.2 Å². The van der Waals surface area contributed by atoms with Crippen LogP contribution in [0.5, 0.6) is 0 Å². The van der Waals surface area contributed by atoms with Crippen LogP contribution in [0.3, 0.4) is 0 Å². The van der Waals surface area contributed by atoms with E-state index in [1.807, 2.05) is 24.3 Å². The summed E-state index contributed by atoms with van der Waals surface area (Å²) in [6, 6.07) is 7.16. The molecule has 0 aliphatic carbocycles. The Hall–Kier alpha value is -0.510. The lowest BCUT2D eigenvalue weighted by Crippen LogP contribution is -2.13. The third-order valence-corrected chi connectivity index (χ3v) is 1.82. The Balaban J connectivity index is 2.81. The van der Waals surface area contributed by atoms with Crippen molar-refractivity contribution in [2.24, 2.45) is 5.73 Å². The van der Waals surface area contributed by atoms with Gasteiger partial charge >= 0.3 is 0 Å². The number of aliphatic hydroxyl groups excluding tert-OH is 1. The molecular weight excluding hydrogens is 158 g/mol. The second kappa shape index (κ2) is 3.76. The minimum atomic E-state index is -0.274. The van der Waals surface area contributed by atoms with Crippen LogP contribution in [0.4, 0.5) is 0 Å². The van der Waals surface area contributed by atoms with Gasteiger partial charge < -0.3 is 10.8 Å². The maximum absolute atomic E-state index is 8.71. The average Bonchev–Trinajstić information content (AvgIpc) is 2.05. The Morgan fingerprint density at radius 1 is 1.36 bits per heavy atom. The van der Waals surface area contributed by atoms with Crippen molar-refractivity contribution in [3.63, 3.8) is 0 Å². The fraction of sp³-hybridized carbons (Fsp3) is 0.250. The first-order valence-electron chi connectivity index (χ1n) is 3.39. The molecule has 1 aromatic rings. The van der Waals surface area contributed by atoms with Crippen LogP contribution in [0.1, 0.15) is 11.6 Å². The molecule has 0 unspecified atom stereocenters. The van der Waals surface area contributed by atoms with E-state index in [9.17, 15) is 0 Å². The molecule has 0 radical (unpaired) electrons. The number of hydrogen-bond acceptors (Lipinski definition) is 3. The molecule has 0 aliphatic heterocycles. The van der Waals surface area contributed by atoms with Gasteiger partial charge in [-0.25, -0.2) is 0 Å². The molecular formula is C8H11NOS. The van der Waals surface area contributed by atoms with Crippen molar-refractivity contribution in [1.82, 2.24) is 0 Å². The van der Waals surface area contributed by atoms with Crippen LogP contribution >= 0.6 is 12.6 Å². The zero-order valence-electron chi connectivity index (χ0n) is 6.07. The molecule has 3 heteroatoms. The van der Waals surface area contributed by atoms with Crippen LogP contribution in [0.25, 0.3) is 0 Å². The summed E-state index contributed by atoms with van der Waals surface area (Å²) in [7, 11) is 0. The summed E-state index contributed by atoms with van der Waals surface area (Å²) >= 11 is 4.13. The van der Waals surface area contributed by atoms with Crippen molar-refractivity contribution in [2.45, 2.75) is 10.9 Å². The molecule has 0 heterocycles. The van der Waals surface area contributed by atoms with Crippen LogP contribution in [0.15, 0.2) is 29.2 Å². The minimum absolute atomic E-state index is 0.0219. The van der Waals surface area contributed by atoms with Gasteiger partial charge in [0.1, 0.15) is 0 Å². The van der Waals surface area contributed by atoms with Gasteiger partial charge in [-0.15, -0.1) is 12.6 Å². The van der Waals surface area contributed by atoms with E-state index in [4.69, 9.17) is 10.8 Å². The lowest BCUT2D eigenvalue weighted by atomic mass is 10.1. The van der Waals surface area contributed by atoms with E-state index in [1.54, 1.807) is 0 Å². The summed E-state index contributed by atoms with van der Waals surface area (Å²) in [6.07, 6.45) is 0. The maximum atomic E-state index is 8.71. The molecule has 0 spiro atoms. The first-order valence-corrected chi connectivity index (χ1v) is 3.84. The number of hydrogen-bond donors (Lipinski definition) is 3. The Morgan fingerprint density at radius 3 is 2.36 bits per heavy atom. The average molecular weight is 169 g/mol. The zero-order chi connectivity index (χ0) is 8.27. The van der Waals surface area contributed by atoms with Crippen LogP contribution in [0, 0.1) is 0 Å². The molecule has 1 atom stereocenters. The van der Waals surface area contributed by atoms with E-state index in [0.29, 0.717) is 0 Å². The van der Waals surface area contributed by atoms with Gasteiger partial charge in [-0.1, -0.05) is 12.1 Å². The summed E-state index contributed by atoms with van der Waals surface area (Å²) in [4.78, 5) is 0.902. The Bertz CT molecular complexity index is 222. The van der Waals surface area contributed by atoms with Gasteiger partial charge in [0.15, 0.2) is 0 Å². The summed E-state index contributed by atoms with van der Waals surface area (Å²) in [5.74, 6) is 0. The molecule has 0 bridgehead atoms. The fourth-order valence-electron chi connectivity index (χ4n) is 0.827. The first kappa shape index (κ1) is 8.59. The van der Waals surface area contributed by atoms with Crippen molar-refractivity contribution in [3.05, 3.63) is 29.8 Å². The molecule has 2 nitrogen and oxygen atoms in total. The standard InChI is InChI=1S/C8H11NOS/c9-8(5-10)6-1-3-7(11)4-2-6/h1-4,8,10-11H,5,9H2/t8-/m1/s1. The molecule has 0 fully saturated rings. The van der Waals surface area contributed by atoms with Gasteiger partial charge in [0.2, 0.25) is 0 Å². The van der Waals surface area contributed by atoms with Crippen LogP contribution < -0.4 is 5.73 Å². The Kier molecular flexibility index (Phi) is 2.93. The number of benzene rings is 1. The zero-order valence-corrected chi connectivity index (χ0v) is 6.96. The van der Waals surface area contributed by atoms with E-state index in [2.05, 4.69) is 12.6 Å². The number of rotatable bonds is 2. The third kappa shape index (κ3) is 2.22. The molecule has 0 saturated heterocycles. The predicted octanol–water partition coefficient (Wildman–Crippen LogP) is 0.967. The predicted molar refractivity (Wildman–Crippen MR) is 47.7 cm³/mol. The number of thiol groups is 1. The van der Waals surface area contributed by atoms with Crippen molar-refractivity contribution in [3.8, 4) is 0 Å². The smallest absolute Gasteiger partial charge is 0.0624 e. The monoisotopic (exact) mass is 169 g/mol. The molecule has 1 aromatic carbocycles. The normalized spacial score (nSPS) is 13.0. The highest BCUT2D eigenvalue weighted by Crippen LogP contribution is 2.12. The minimum Gasteiger partial charge on any atom is -0.394 e. The molecule has 1 rings (SSSR count). The van der Waals surface area contributed by atoms with Gasteiger partial charge in [0.05, 0.1) is 12.6 Å². The molecule has 0 amide bonds. The third-order valence-electron chi connectivity index (χ3n) is 1.52. The summed E-state index contributed by atoms with van der Waals surface area (Å²) in [5, 5.41) is 8.71. The highest BCUT2D eigenvalue weighted by atomic mass is 32.1. The molecule has 0 saturated carbocycles.